The van der Waals surface area contributed by atoms with Gasteiger partial charge in [0.25, 0.3) is 0 Å². The Balaban J connectivity index is 0.00000450. The Morgan fingerprint density at radius 3 is 2.33 bits per heavy atom. The van der Waals surface area contributed by atoms with Gasteiger partial charge in [-0.3, -0.25) is 9.89 Å². The molecule has 172 valence electrons. The van der Waals surface area contributed by atoms with Crippen LogP contribution in [0.25, 0.3) is 0 Å². The highest BCUT2D eigenvalue weighted by Crippen LogP contribution is 2.26. The van der Waals surface area contributed by atoms with E-state index in [4.69, 9.17) is 14.2 Å². The van der Waals surface area contributed by atoms with Crippen LogP contribution in [0.2, 0.25) is 0 Å². The van der Waals surface area contributed by atoms with E-state index >= 15 is 0 Å². The van der Waals surface area contributed by atoms with Crippen LogP contribution in [0.1, 0.15) is 27.2 Å². The van der Waals surface area contributed by atoms with E-state index in [2.05, 4.69) is 34.4 Å². The molecule has 2 rings (SSSR count). The predicted octanol–water partition coefficient (Wildman–Crippen LogP) is 2.99. The molecule has 1 heterocycles. The fourth-order valence-electron chi connectivity index (χ4n) is 3.50. The van der Waals surface area contributed by atoms with Crippen molar-refractivity contribution in [3.05, 3.63) is 24.3 Å². The van der Waals surface area contributed by atoms with Crippen molar-refractivity contribution in [2.75, 3.05) is 53.6 Å². The maximum atomic E-state index is 6.01. The largest absolute Gasteiger partial charge is 0.493 e. The smallest absolute Gasteiger partial charge is 0.191 e. The zero-order valence-corrected chi connectivity index (χ0v) is 21.3. The van der Waals surface area contributed by atoms with Gasteiger partial charge in [0.2, 0.25) is 0 Å². The van der Waals surface area contributed by atoms with Crippen molar-refractivity contribution in [1.82, 2.24) is 15.5 Å². The highest BCUT2D eigenvalue weighted by Gasteiger charge is 2.22. The van der Waals surface area contributed by atoms with E-state index < -0.39 is 0 Å². The Morgan fingerprint density at radius 1 is 1.10 bits per heavy atom. The second-order valence-corrected chi connectivity index (χ2v) is 7.85. The molecule has 7 nitrogen and oxygen atoms in total. The first-order chi connectivity index (χ1) is 14.0. The number of hydrogen-bond donors (Lipinski definition) is 2. The first kappa shape index (κ1) is 26.8. The summed E-state index contributed by atoms with van der Waals surface area (Å²) in [6.07, 6.45) is 1.12. The highest BCUT2D eigenvalue weighted by molar-refractivity contribution is 14.0. The first-order valence-corrected chi connectivity index (χ1v) is 10.6. The van der Waals surface area contributed by atoms with Crippen LogP contribution < -0.4 is 20.1 Å². The predicted molar refractivity (Wildman–Crippen MR) is 133 cm³/mol. The minimum Gasteiger partial charge on any atom is -0.493 e. The van der Waals surface area contributed by atoms with Gasteiger partial charge in [-0.25, -0.2) is 0 Å². The van der Waals surface area contributed by atoms with E-state index in [1.165, 1.54) is 0 Å². The Bertz CT molecular complexity index is 624. The second-order valence-electron chi connectivity index (χ2n) is 7.85. The number of nitrogens with zero attached hydrogens (tertiary/aromatic N) is 2. The first-order valence-electron chi connectivity index (χ1n) is 10.6. The molecular formula is C22H39IN4O3. The SMILES string of the molecule is CN=C(NCC(C)Oc1ccccc1OC)NCC(CC(C)C)N1CCOCC1.I. The van der Waals surface area contributed by atoms with E-state index in [0.29, 0.717) is 18.5 Å². The Morgan fingerprint density at radius 2 is 1.73 bits per heavy atom. The number of para-hydroxylation sites is 2. The molecule has 30 heavy (non-hydrogen) atoms. The second kappa shape index (κ2) is 14.7. The highest BCUT2D eigenvalue weighted by atomic mass is 127. The molecule has 1 aromatic rings. The average Bonchev–Trinajstić information content (AvgIpc) is 2.73. The molecule has 0 aromatic heterocycles. The number of halogens is 1. The van der Waals surface area contributed by atoms with Crippen molar-refractivity contribution in [1.29, 1.82) is 0 Å². The molecule has 1 aliphatic rings. The summed E-state index contributed by atoms with van der Waals surface area (Å²) in [4.78, 5) is 6.89. The topological polar surface area (TPSA) is 67.4 Å². The number of nitrogens with one attached hydrogen (secondary N) is 2. The van der Waals surface area contributed by atoms with Crippen molar-refractivity contribution in [2.24, 2.45) is 10.9 Å². The van der Waals surface area contributed by atoms with Crippen LogP contribution >= 0.6 is 24.0 Å². The molecule has 0 radical (unpaired) electrons. The average molecular weight is 534 g/mol. The standard InChI is InChI=1S/C22H38N4O3.HI/c1-17(2)14-19(26-10-12-28-13-11-26)16-25-22(23-4)24-15-18(3)29-21-9-7-6-8-20(21)27-5;/h6-9,17-19H,10-16H2,1-5H3,(H2,23,24,25);1H. The van der Waals surface area contributed by atoms with Gasteiger partial charge in [0.05, 0.1) is 26.9 Å². The molecule has 1 aromatic carbocycles. The summed E-state index contributed by atoms with van der Waals surface area (Å²) in [5.74, 6) is 2.93. The normalized spacial score (nSPS) is 17.1. The maximum Gasteiger partial charge on any atom is 0.191 e. The van der Waals surface area contributed by atoms with E-state index in [1.807, 2.05) is 31.2 Å². The number of guanidine groups is 1. The molecular weight excluding hydrogens is 495 g/mol. The summed E-state index contributed by atoms with van der Waals surface area (Å²) >= 11 is 0. The molecule has 8 heteroatoms. The molecule has 1 fully saturated rings. The van der Waals surface area contributed by atoms with Crippen LogP contribution in [0.5, 0.6) is 11.5 Å². The van der Waals surface area contributed by atoms with Gasteiger partial charge in [0.1, 0.15) is 6.10 Å². The lowest BCUT2D eigenvalue weighted by atomic mass is 10.0. The quantitative estimate of drug-likeness (QED) is 0.274. The molecule has 2 unspecified atom stereocenters. The van der Waals surface area contributed by atoms with Gasteiger partial charge in [-0.2, -0.15) is 0 Å². The van der Waals surface area contributed by atoms with Gasteiger partial charge in [-0.05, 0) is 31.4 Å². The van der Waals surface area contributed by atoms with Gasteiger partial charge in [0.15, 0.2) is 17.5 Å². The van der Waals surface area contributed by atoms with Crippen LogP contribution in [-0.2, 0) is 4.74 Å². The van der Waals surface area contributed by atoms with E-state index in [0.717, 1.165) is 56.7 Å². The lowest BCUT2D eigenvalue weighted by Gasteiger charge is -2.35. The maximum absolute atomic E-state index is 6.01. The molecule has 1 aliphatic heterocycles. The number of hydrogen-bond acceptors (Lipinski definition) is 5. The van der Waals surface area contributed by atoms with Crippen molar-refractivity contribution in [2.45, 2.75) is 39.3 Å². The molecule has 0 aliphatic carbocycles. The Hall–Kier alpha value is -1.26. The number of methoxy groups -OCH3 is 1. The number of ether oxygens (including phenoxy) is 3. The van der Waals surface area contributed by atoms with Crippen molar-refractivity contribution >= 4 is 29.9 Å². The van der Waals surface area contributed by atoms with E-state index in [9.17, 15) is 0 Å². The van der Waals surface area contributed by atoms with E-state index in [-0.39, 0.29) is 30.1 Å². The molecule has 1 saturated heterocycles. The van der Waals surface area contributed by atoms with Crippen molar-refractivity contribution in [3.8, 4) is 11.5 Å². The molecule has 0 bridgehead atoms. The fourth-order valence-corrected chi connectivity index (χ4v) is 3.50. The van der Waals surface area contributed by atoms with Gasteiger partial charge in [-0.15, -0.1) is 24.0 Å². The number of morpholine rings is 1. The van der Waals surface area contributed by atoms with Gasteiger partial charge < -0.3 is 24.8 Å². The van der Waals surface area contributed by atoms with Crippen LogP contribution in [0.3, 0.4) is 0 Å². The molecule has 0 amide bonds. The molecule has 0 saturated carbocycles. The summed E-state index contributed by atoms with van der Waals surface area (Å²) in [5, 5.41) is 6.86. The monoisotopic (exact) mass is 534 g/mol. The van der Waals surface area contributed by atoms with E-state index in [1.54, 1.807) is 14.2 Å². The van der Waals surface area contributed by atoms with Crippen molar-refractivity contribution in [3.63, 3.8) is 0 Å². The molecule has 0 spiro atoms. The zero-order chi connectivity index (χ0) is 21.1. The minimum atomic E-state index is -0.0319. The minimum absolute atomic E-state index is 0. The van der Waals surface area contributed by atoms with Crippen molar-refractivity contribution < 1.29 is 14.2 Å². The molecule has 2 atom stereocenters. The van der Waals surface area contributed by atoms with Crippen LogP contribution in [-0.4, -0.2) is 76.6 Å². The summed E-state index contributed by atoms with van der Waals surface area (Å²) < 4.78 is 16.9. The third-order valence-corrected chi connectivity index (χ3v) is 4.99. The number of benzene rings is 1. The fraction of sp³-hybridized carbons (Fsp3) is 0.682. The third kappa shape index (κ3) is 9.26. The van der Waals surface area contributed by atoms with Crippen LogP contribution in [0, 0.1) is 5.92 Å². The number of aliphatic imine (C=N–C) groups is 1. The van der Waals surface area contributed by atoms with Crippen LogP contribution in [0.4, 0.5) is 0 Å². The Labute approximate surface area is 199 Å². The summed E-state index contributed by atoms with van der Waals surface area (Å²) in [6.45, 7) is 11.7. The Kier molecular flexibility index (Phi) is 13.1. The van der Waals surface area contributed by atoms with Crippen LogP contribution in [0.15, 0.2) is 29.3 Å². The molecule has 2 N–H and O–H groups in total. The third-order valence-electron chi connectivity index (χ3n) is 4.99. The van der Waals surface area contributed by atoms with Gasteiger partial charge >= 0.3 is 0 Å². The number of rotatable bonds is 10. The lowest BCUT2D eigenvalue weighted by molar-refractivity contribution is 0.0132. The van der Waals surface area contributed by atoms with Gasteiger partial charge in [0, 0.05) is 32.7 Å². The summed E-state index contributed by atoms with van der Waals surface area (Å²) in [6, 6.07) is 8.17. The summed E-state index contributed by atoms with van der Waals surface area (Å²) in [5.41, 5.74) is 0. The summed E-state index contributed by atoms with van der Waals surface area (Å²) in [7, 11) is 3.45. The van der Waals surface area contributed by atoms with Gasteiger partial charge in [-0.1, -0.05) is 26.0 Å². The lowest BCUT2D eigenvalue weighted by Crippen LogP contribution is -2.51. The zero-order valence-electron chi connectivity index (χ0n) is 19.0.